The van der Waals surface area contributed by atoms with Crippen molar-refractivity contribution in [3.05, 3.63) is 28.2 Å². The SMILES string of the molecule is CC12C[NH+]3CC(C)(C[NH+](C1)C3c1cc(Br)ccc1O)C2=O. The number of aromatic hydroxyl groups is 1. The molecule has 0 aliphatic carbocycles. The van der Waals surface area contributed by atoms with E-state index >= 15 is 0 Å². The summed E-state index contributed by atoms with van der Waals surface area (Å²) in [6, 6.07) is 5.67. The summed E-state index contributed by atoms with van der Waals surface area (Å²) in [5.74, 6) is 0.830. The van der Waals surface area contributed by atoms with Gasteiger partial charge in [0.15, 0.2) is 5.78 Å². The summed E-state index contributed by atoms with van der Waals surface area (Å²) in [6.45, 7) is 7.82. The average Bonchev–Trinajstić information content (AvgIpc) is 2.38. The van der Waals surface area contributed by atoms with E-state index in [0.29, 0.717) is 11.5 Å². The molecule has 4 bridgehead atoms. The molecule has 0 radical (unpaired) electrons. The first-order chi connectivity index (χ1) is 9.82. The van der Waals surface area contributed by atoms with E-state index in [9.17, 15) is 9.90 Å². The van der Waals surface area contributed by atoms with Crippen LogP contribution in [-0.2, 0) is 4.79 Å². The molecule has 0 unspecified atom stereocenters. The van der Waals surface area contributed by atoms with E-state index in [-0.39, 0.29) is 17.0 Å². The number of phenolic OH excluding ortho intramolecular Hbond substituents is 1. The maximum Gasteiger partial charge on any atom is 0.244 e. The van der Waals surface area contributed by atoms with Crippen molar-refractivity contribution >= 4 is 21.7 Å². The van der Waals surface area contributed by atoms with E-state index in [2.05, 4.69) is 29.8 Å². The molecule has 3 N–H and O–H groups in total. The predicted molar refractivity (Wildman–Crippen MR) is 81.2 cm³/mol. The summed E-state index contributed by atoms with van der Waals surface area (Å²) in [5, 5.41) is 10.3. The Balaban J connectivity index is 1.78. The highest BCUT2D eigenvalue weighted by atomic mass is 79.9. The lowest BCUT2D eigenvalue weighted by Crippen LogP contribution is -3.41. The molecule has 4 saturated heterocycles. The van der Waals surface area contributed by atoms with Crippen LogP contribution in [0.2, 0.25) is 0 Å². The maximum absolute atomic E-state index is 12.7. The quantitative estimate of drug-likeness (QED) is 0.640. The topological polar surface area (TPSA) is 46.2 Å². The first-order valence-corrected chi connectivity index (χ1v) is 8.34. The van der Waals surface area contributed by atoms with Crippen LogP contribution in [0.3, 0.4) is 0 Å². The fourth-order valence-electron chi connectivity index (χ4n) is 5.20. The van der Waals surface area contributed by atoms with Crippen LogP contribution in [0.5, 0.6) is 5.75 Å². The summed E-state index contributed by atoms with van der Waals surface area (Å²) >= 11 is 3.51. The van der Waals surface area contributed by atoms with Crippen molar-refractivity contribution in [1.29, 1.82) is 0 Å². The van der Waals surface area contributed by atoms with Gasteiger partial charge in [-0.1, -0.05) is 15.9 Å². The van der Waals surface area contributed by atoms with Gasteiger partial charge in [-0.3, -0.25) is 14.6 Å². The van der Waals surface area contributed by atoms with Crippen LogP contribution in [-0.4, -0.2) is 37.1 Å². The molecule has 0 aromatic heterocycles. The van der Waals surface area contributed by atoms with Gasteiger partial charge in [0.1, 0.15) is 48.3 Å². The first-order valence-electron chi connectivity index (χ1n) is 7.55. The third-order valence-electron chi connectivity index (χ3n) is 5.68. The Hall–Kier alpha value is -0.910. The van der Waals surface area contributed by atoms with Crippen LogP contribution in [0.15, 0.2) is 22.7 Å². The number of carbonyl (C=O) groups excluding carboxylic acids is 1. The van der Waals surface area contributed by atoms with Crippen molar-refractivity contribution in [2.75, 3.05) is 26.2 Å². The van der Waals surface area contributed by atoms with E-state index < -0.39 is 0 Å². The minimum absolute atomic E-state index is 0.186. The number of nitrogens with one attached hydrogen (secondary N) is 2. The van der Waals surface area contributed by atoms with Crippen molar-refractivity contribution < 1.29 is 19.7 Å². The molecule has 5 rings (SSSR count). The Kier molecular flexibility index (Phi) is 2.67. The highest BCUT2D eigenvalue weighted by Gasteiger charge is 2.68. The number of benzene rings is 1. The Bertz CT molecular complexity index is 605. The average molecular weight is 353 g/mol. The number of carbonyl (C=O) groups is 1. The highest BCUT2D eigenvalue weighted by molar-refractivity contribution is 9.10. The van der Waals surface area contributed by atoms with Crippen molar-refractivity contribution in [3.8, 4) is 5.75 Å². The molecule has 4 aliphatic heterocycles. The number of rotatable bonds is 1. The van der Waals surface area contributed by atoms with Crippen LogP contribution in [0.4, 0.5) is 0 Å². The molecular weight excluding hydrogens is 332 g/mol. The zero-order chi connectivity index (χ0) is 15.0. The number of phenols is 1. The number of ketones is 1. The van der Waals surface area contributed by atoms with Gasteiger partial charge in [-0.15, -0.1) is 0 Å². The molecular formula is C16H21BrN2O2+2. The second kappa shape index (κ2) is 4.09. The molecule has 21 heavy (non-hydrogen) atoms. The van der Waals surface area contributed by atoms with E-state index in [0.717, 1.165) is 36.2 Å². The summed E-state index contributed by atoms with van der Waals surface area (Å²) in [7, 11) is 0. The van der Waals surface area contributed by atoms with Gasteiger partial charge >= 0.3 is 0 Å². The van der Waals surface area contributed by atoms with Gasteiger partial charge in [-0.25, -0.2) is 0 Å². The molecule has 5 heteroatoms. The van der Waals surface area contributed by atoms with Crippen molar-refractivity contribution in [2.45, 2.75) is 20.0 Å². The highest BCUT2D eigenvalue weighted by Crippen LogP contribution is 2.37. The number of quaternary nitrogens is 2. The predicted octanol–water partition coefficient (Wildman–Crippen LogP) is -0.454. The number of piperidine rings is 2. The van der Waals surface area contributed by atoms with Gasteiger partial charge in [-0.05, 0) is 32.0 Å². The summed E-state index contributed by atoms with van der Waals surface area (Å²) in [6.07, 6.45) is 0.247. The minimum atomic E-state index is -0.186. The molecule has 1 aromatic carbocycles. The van der Waals surface area contributed by atoms with E-state index in [1.165, 1.54) is 9.80 Å². The van der Waals surface area contributed by atoms with Gasteiger partial charge < -0.3 is 5.11 Å². The zero-order valence-corrected chi connectivity index (χ0v) is 14.0. The molecule has 4 nitrogen and oxygen atoms in total. The summed E-state index contributed by atoms with van der Waals surface area (Å²) < 4.78 is 0.999. The van der Waals surface area contributed by atoms with Crippen molar-refractivity contribution in [3.63, 3.8) is 0 Å². The number of Topliss-reactive ketones (excluding diaryl/α,β-unsaturated/α-hetero) is 1. The number of hydrogen-bond acceptors (Lipinski definition) is 2. The standard InChI is InChI=1S/C16H19BrN2O2/c1-15-6-18-8-16(2,14(15)21)9-19(7-15)13(18)11-5-10(17)3-4-12(11)20/h3-5,13,20H,6-9H2,1-2H3/p+2. The lowest BCUT2D eigenvalue weighted by Gasteiger charge is -2.58. The minimum Gasteiger partial charge on any atom is -0.507 e. The van der Waals surface area contributed by atoms with E-state index in [4.69, 9.17) is 0 Å². The van der Waals surface area contributed by atoms with Crippen LogP contribution >= 0.6 is 15.9 Å². The molecule has 112 valence electrons. The van der Waals surface area contributed by atoms with Crippen molar-refractivity contribution in [2.24, 2.45) is 10.8 Å². The molecule has 1 aromatic rings. The molecule has 0 saturated carbocycles. The second-order valence-electron chi connectivity index (χ2n) is 7.61. The van der Waals surface area contributed by atoms with Crippen LogP contribution in [0.25, 0.3) is 0 Å². The van der Waals surface area contributed by atoms with E-state index in [1.54, 1.807) is 6.07 Å². The first kappa shape index (κ1) is 13.7. The fourth-order valence-corrected chi connectivity index (χ4v) is 5.58. The largest absolute Gasteiger partial charge is 0.507 e. The third kappa shape index (κ3) is 1.77. The number of halogens is 1. The lowest BCUT2D eigenvalue weighted by atomic mass is 9.62. The monoisotopic (exact) mass is 352 g/mol. The summed E-state index contributed by atoms with van der Waals surface area (Å²) in [4.78, 5) is 15.6. The fraction of sp³-hybridized carbons (Fsp3) is 0.562. The Morgan fingerprint density at radius 3 is 2.19 bits per heavy atom. The molecule has 0 atom stereocenters. The van der Waals surface area contributed by atoms with Gasteiger partial charge in [0.05, 0.1) is 0 Å². The van der Waals surface area contributed by atoms with Gasteiger partial charge in [-0.2, -0.15) is 0 Å². The van der Waals surface area contributed by atoms with Crippen LogP contribution < -0.4 is 9.80 Å². The van der Waals surface area contributed by atoms with Crippen LogP contribution in [0, 0.1) is 10.8 Å². The zero-order valence-electron chi connectivity index (χ0n) is 12.4. The van der Waals surface area contributed by atoms with Gasteiger partial charge in [0.25, 0.3) is 0 Å². The summed E-state index contributed by atoms with van der Waals surface area (Å²) in [5.41, 5.74) is 0.634. The molecule has 0 amide bonds. The smallest absolute Gasteiger partial charge is 0.244 e. The van der Waals surface area contributed by atoms with Crippen LogP contribution in [0.1, 0.15) is 25.6 Å². The molecule has 4 aliphatic rings. The third-order valence-corrected chi connectivity index (χ3v) is 6.18. The Morgan fingerprint density at radius 2 is 1.67 bits per heavy atom. The Labute approximate surface area is 132 Å². The number of hydrogen-bond donors (Lipinski definition) is 3. The lowest BCUT2D eigenvalue weighted by molar-refractivity contribution is -1.18. The van der Waals surface area contributed by atoms with Crippen molar-refractivity contribution in [1.82, 2.24) is 0 Å². The molecule has 0 spiro atoms. The van der Waals surface area contributed by atoms with E-state index in [1.807, 2.05) is 12.1 Å². The maximum atomic E-state index is 12.7. The normalized spacial score (nSPS) is 44.3. The second-order valence-corrected chi connectivity index (χ2v) is 8.53. The molecule has 4 fully saturated rings. The molecule has 4 heterocycles. The Morgan fingerprint density at radius 1 is 1.14 bits per heavy atom. The van der Waals surface area contributed by atoms with Gasteiger partial charge in [0.2, 0.25) is 6.17 Å². The van der Waals surface area contributed by atoms with Gasteiger partial charge in [0, 0.05) is 4.47 Å².